The topological polar surface area (TPSA) is 43.8 Å². The van der Waals surface area contributed by atoms with Gasteiger partial charge in [0.25, 0.3) is 0 Å². The van der Waals surface area contributed by atoms with Crippen LogP contribution in [-0.4, -0.2) is 16.1 Å². The Labute approximate surface area is 109 Å². The molecule has 2 aromatic rings. The zero-order valence-corrected chi connectivity index (χ0v) is 10.8. The van der Waals surface area contributed by atoms with Gasteiger partial charge in [0.15, 0.2) is 0 Å². The molecule has 3 heteroatoms. The van der Waals surface area contributed by atoms with Crippen molar-refractivity contribution in [3.8, 4) is 0 Å². The highest BCUT2D eigenvalue weighted by Crippen LogP contribution is 2.07. The molecule has 0 saturated heterocycles. The van der Waals surface area contributed by atoms with Gasteiger partial charge in [-0.3, -0.25) is 0 Å². The summed E-state index contributed by atoms with van der Waals surface area (Å²) in [5.41, 5.74) is 6.99. The van der Waals surface area contributed by atoms with Crippen molar-refractivity contribution >= 4 is 0 Å². The minimum Gasteiger partial charge on any atom is -0.335 e. The second-order valence-electron chi connectivity index (χ2n) is 4.52. The van der Waals surface area contributed by atoms with Crippen molar-refractivity contribution in [1.82, 2.24) is 9.55 Å². The predicted octanol–water partition coefficient (Wildman–Crippen LogP) is 2.41. The molecule has 3 nitrogen and oxygen atoms in total. The average Bonchev–Trinajstić information content (AvgIpc) is 2.84. The minimum atomic E-state index is 0.668. The first-order valence-electron chi connectivity index (χ1n) is 6.64. The smallest absolute Gasteiger partial charge is 0.109 e. The summed E-state index contributed by atoms with van der Waals surface area (Å²) in [6.07, 6.45) is 8.33. The van der Waals surface area contributed by atoms with Crippen molar-refractivity contribution in [2.45, 2.75) is 32.2 Å². The quantitative estimate of drug-likeness (QED) is 0.759. The van der Waals surface area contributed by atoms with Crippen molar-refractivity contribution in [2.24, 2.45) is 5.73 Å². The molecule has 0 saturated carbocycles. The molecular weight excluding hydrogens is 222 g/mol. The van der Waals surface area contributed by atoms with Gasteiger partial charge >= 0.3 is 0 Å². The monoisotopic (exact) mass is 243 g/mol. The normalized spacial score (nSPS) is 10.7. The predicted molar refractivity (Wildman–Crippen MR) is 74.4 cm³/mol. The molecule has 0 spiro atoms. The van der Waals surface area contributed by atoms with Crippen LogP contribution >= 0.6 is 0 Å². The Balaban J connectivity index is 1.73. The summed E-state index contributed by atoms with van der Waals surface area (Å²) >= 11 is 0. The zero-order chi connectivity index (χ0) is 12.6. The van der Waals surface area contributed by atoms with E-state index in [9.17, 15) is 0 Å². The fourth-order valence-electron chi connectivity index (χ4n) is 2.16. The summed E-state index contributed by atoms with van der Waals surface area (Å²) < 4.78 is 2.22. The van der Waals surface area contributed by atoms with Gasteiger partial charge < -0.3 is 10.3 Å². The average molecular weight is 243 g/mol. The Morgan fingerprint density at radius 2 is 1.89 bits per heavy atom. The van der Waals surface area contributed by atoms with E-state index in [-0.39, 0.29) is 0 Å². The van der Waals surface area contributed by atoms with E-state index in [1.807, 2.05) is 12.4 Å². The number of benzene rings is 1. The van der Waals surface area contributed by atoms with E-state index < -0.39 is 0 Å². The number of aromatic nitrogens is 2. The number of nitrogens with two attached hydrogens (primary N) is 1. The molecule has 0 bridgehead atoms. The Morgan fingerprint density at radius 3 is 2.67 bits per heavy atom. The first-order valence-corrected chi connectivity index (χ1v) is 6.64. The Morgan fingerprint density at radius 1 is 1.06 bits per heavy atom. The molecule has 0 atom stereocenters. The third kappa shape index (κ3) is 3.70. The standard InChI is InChI=1S/C15H21N3/c16-10-9-15-17-11-13-18(15)12-5-4-8-14-6-2-1-3-7-14/h1-3,6-7,11,13H,4-5,8-10,12,16H2. The van der Waals surface area contributed by atoms with E-state index in [4.69, 9.17) is 5.73 Å². The van der Waals surface area contributed by atoms with Gasteiger partial charge in [-0.25, -0.2) is 4.98 Å². The molecule has 0 unspecified atom stereocenters. The highest BCUT2D eigenvalue weighted by molar-refractivity contribution is 5.14. The molecule has 18 heavy (non-hydrogen) atoms. The number of rotatable bonds is 7. The summed E-state index contributed by atoms with van der Waals surface area (Å²) in [6, 6.07) is 10.7. The van der Waals surface area contributed by atoms with Crippen LogP contribution in [0.15, 0.2) is 42.7 Å². The number of hydrogen-bond acceptors (Lipinski definition) is 2. The lowest BCUT2D eigenvalue weighted by molar-refractivity contribution is 0.584. The van der Waals surface area contributed by atoms with Crippen molar-refractivity contribution in [3.05, 3.63) is 54.1 Å². The lowest BCUT2D eigenvalue weighted by Gasteiger charge is -2.07. The van der Waals surface area contributed by atoms with Crippen LogP contribution in [0.3, 0.4) is 0 Å². The molecule has 2 N–H and O–H groups in total. The van der Waals surface area contributed by atoms with Crippen molar-refractivity contribution < 1.29 is 0 Å². The minimum absolute atomic E-state index is 0.668. The third-order valence-corrected chi connectivity index (χ3v) is 3.13. The van der Waals surface area contributed by atoms with E-state index >= 15 is 0 Å². The lowest BCUT2D eigenvalue weighted by atomic mass is 10.1. The highest BCUT2D eigenvalue weighted by atomic mass is 15.1. The van der Waals surface area contributed by atoms with E-state index in [0.29, 0.717) is 6.54 Å². The lowest BCUT2D eigenvalue weighted by Crippen LogP contribution is -2.10. The van der Waals surface area contributed by atoms with Crippen LogP contribution in [0, 0.1) is 0 Å². The number of hydrogen-bond donors (Lipinski definition) is 1. The van der Waals surface area contributed by atoms with Crippen molar-refractivity contribution in [2.75, 3.05) is 6.54 Å². The maximum absolute atomic E-state index is 5.57. The molecule has 96 valence electrons. The van der Waals surface area contributed by atoms with Crippen LogP contribution in [0.1, 0.15) is 24.2 Å². The molecule has 1 aromatic heterocycles. The van der Waals surface area contributed by atoms with Gasteiger partial charge in [-0.15, -0.1) is 0 Å². The second-order valence-corrected chi connectivity index (χ2v) is 4.52. The Hall–Kier alpha value is -1.61. The molecule has 0 aliphatic carbocycles. The maximum atomic E-state index is 5.57. The highest BCUT2D eigenvalue weighted by Gasteiger charge is 2.01. The SMILES string of the molecule is NCCc1nccn1CCCCc1ccccc1. The molecule has 1 aromatic carbocycles. The Bertz CT molecular complexity index is 448. The van der Waals surface area contributed by atoms with Gasteiger partial charge in [-0.05, 0) is 31.4 Å². The van der Waals surface area contributed by atoms with Crippen LogP contribution in [0.4, 0.5) is 0 Å². The molecule has 0 aliphatic rings. The van der Waals surface area contributed by atoms with Gasteiger partial charge in [0, 0.05) is 25.4 Å². The second kappa shape index (κ2) is 6.97. The van der Waals surface area contributed by atoms with Crippen LogP contribution in [0.25, 0.3) is 0 Å². The zero-order valence-electron chi connectivity index (χ0n) is 10.8. The van der Waals surface area contributed by atoms with E-state index in [0.717, 1.165) is 25.2 Å². The number of nitrogens with zero attached hydrogens (tertiary/aromatic N) is 2. The molecule has 1 heterocycles. The van der Waals surface area contributed by atoms with Crippen LogP contribution < -0.4 is 5.73 Å². The first-order chi connectivity index (χ1) is 8.90. The van der Waals surface area contributed by atoms with Crippen LogP contribution in [0.2, 0.25) is 0 Å². The molecule has 2 rings (SSSR count). The van der Waals surface area contributed by atoms with Gasteiger partial charge in [-0.1, -0.05) is 30.3 Å². The van der Waals surface area contributed by atoms with Crippen LogP contribution in [0.5, 0.6) is 0 Å². The first kappa shape index (κ1) is 12.8. The van der Waals surface area contributed by atoms with Gasteiger partial charge in [-0.2, -0.15) is 0 Å². The van der Waals surface area contributed by atoms with Gasteiger partial charge in [0.2, 0.25) is 0 Å². The van der Waals surface area contributed by atoms with Gasteiger partial charge in [0.05, 0.1) is 0 Å². The number of aryl methyl sites for hydroxylation is 2. The molecular formula is C15H21N3. The molecule has 0 amide bonds. The summed E-state index contributed by atoms with van der Waals surface area (Å²) in [5, 5.41) is 0. The number of imidazole rings is 1. The van der Waals surface area contributed by atoms with Crippen molar-refractivity contribution in [1.29, 1.82) is 0 Å². The number of unbranched alkanes of at least 4 members (excludes halogenated alkanes) is 1. The van der Waals surface area contributed by atoms with Crippen molar-refractivity contribution in [3.63, 3.8) is 0 Å². The summed E-state index contributed by atoms with van der Waals surface area (Å²) in [4.78, 5) is 4.33. The summed E-state index contributed by atoms with van der Waals surface area (Å²) in [7, 11) is 0. The largest absolute Gasteiger partial charge is 0.335 e. The maximum Gasteiger partial charge on any atom is 0.109 e. The van der Waals surface area contributed by atoms with E-state index in [2.05, 4.69) is 39.9 Å². The van der Waals surface area contributed by atoms with E-state index in [1.165, 1.54) is 18.4 Å². The fraction of sp³-hybridized carbons (Fsp3) is 0.400. The summed E-state index contributed by atoms with van der Waals surface area (Å²) in [5.74, 6) is 1.11. The molecule has 0 fully saturated rings. The summed E-state index contributed by atoms with van der Waals surface area (Å²) in [6.45, 7) is 1.71. The Kier molecular flexibility index (Phi) is 4.97. The van der Waals surface area contributed by atoms with E-state index in [1.54, 1.807) is 0 Å². The third-order valence-electron chi connectivity index (χ3n) is 3.13. The van der Waals surface area contributed by atoms with Crippen LogP contribution in [-0.2, 0) is 19.4 Å². The molecule has 0 radical (unpaired) electrons. The molecule has 0 aliphatic heterocycles. The van der Waals surface area contributed by atoms with Gasteiger partial charge in [0.1, 0.15) is 5.82 Å². The fourth-order valence-corrected chi connectivity index (χ4v) is 2.16.